The van der Waals surface area contributed by atoms with Crippen molar-refractivity contribution in [1.29, 1.82) is 0 Å². The first kappa shape index (κ1) is 22.9. The van der Waals surface area contributed by atoms with Crippen LogP contribution in [-0.4, -0.2) is 51.9 Å². The van der Waals surface area contributed by atoms with Crippen molar-refractivity contribution >= 4 is 29.6 Å². The first-order valence-electron chi connectivity index (χ1n) is 10.8. The van der Waals surface area contributed by atoms with Gasteiger partial charge in [0.2, 0.25) is 0 Å². The molecule has 0 aliphatic carbocycles. The van der Waals surface area contributed by atoms with Gasteiger partial charge in [-0.1, -0.05) is 0 Å². The van der Waals surface area contributed by atoms with E-state index in [-0.39, 0.29) is 16.8 Å². The number of aliphatic imine (C=N–C) groups is 2. The summed E-state index contributed by atoms with van der Waals surface area (Å²) in [5.74, 6) is 0.925. The maximum absolute atomic E-state index is 10.6. The summed E-state index contributed by atoms with van der Waals surface area (Å²) in [7, 11) is 2.08. The molecule has 2 aromatic rings. The van der Waals surface area contributed by atoms with Gasteiger partial charge in [-0.3, -0.25) is 9.98 Å². The molecule has 0 saturated carbocycles. The number of anilines is 1. The number of piperidine rings is 1. The minimum absolute atomic E-state index is 0.0543. The summed E-state index contributed by atoms with van der Waals surface area (Å²) in [4.78, 5) is 10.9. The lowest BCUT2D eigenvalue weighted by atomic mass is 9.79. The van der Waals surface area contributed by atoms with Gasteiger partial charge in [0, 0.05) is 48.2 Å². The molecule has 0 spiro atoms. The Morgan fingerprint density at radius 3 is 2.10 bits per heavy atom. The van der Waals surface area contributed by atoms with Gasteiger partial charge in [0.1, 0.15) is 5.75 Å². The molecule has 7 nitrogen and oxygen atoms in total. The van der Waals surface area contributed by atoms with Gasteiger partial charge in [0.15, 0.2) is 5.82 Å². The largest absolute Gasteiger partial charge is 0.507 e. The summed E-state index contributed by atoms with van der Waals surface area (Å²) < 4.78 is 0. The molecule has 0 amide bonds. The smallest absolute Gasteiger partial charge is 0.151 e. The highest BCUT2D eigenvalue weighted by Gasteiger charge is 2.39. The molecule has 1 fully saturated rings. The van der Waals surface area contributed by atoms with Crippen LogP contribution in [0.2, 0.25) is 0 Å². The minimum Gasteiger partial charge on any atom is -0.507 e. The summed E-state index contributed by atoms with van der Waals surface area (Å²) in [6.07, 6.45) is 5.43. The van der Waals surface area contributed by atoms with Gasteiger partial charge in [-0.15, -0.1) is 10.2 Å². The fraction of sp³-hybridized carbons (Fsp3) is 0.500. The third-order valence-corrected chi connectivity index (χ3v) is 5.63. The van der Waals surface area contributed by atoms with Gasteiger partial charge in [-0.2, -0.15) is 0 Å². The molecule has 1 aromatic heterocycles. The summed E-state index contributed by atoms with van der Waals surface area (Å²) in [6.45, 7) is 12.7. The number of aromatic hydroxyl groups is 1. The number of phenolic OH excluding ortho intramolecular Hbond substituents is 1. The predicted octanol–water partition coefficient (Wildman–Crippen LogP) is 5.04. The Morgan fingerprint density at radius 1 is 1.00 bits per heavy atom. The Kier molecular flexibility index (Phi) is 6.46. The van der Waals surface area contributed by atoms with Gasteiger partial charge in [0.25, 0.3) is 0 Å². The number of nitrogens with zero attached hydrogens (tertiary/aromatic N) is 5. The van der Waals surface area contributed by atoms with Crippen molar-refractivity contribution in [2.75, 3.05) is 11.9 Å². The highest BCUT2D eigenvalue weighted by molar-refractivity contribution is 5.81. The highest BCUT2D eigenvalue weighted by Crippen LogP contribution is 2.39. The zero-order valence-electron chi connectivity index (χ0n) is 19.6. The van der Waals surface area contributed by atoms with Gasteiger partial charge in [0.05, 0.1) is 17.1 Å². The van der Waals surface area contributed by atoms with E-state index in [0.29, 0.717) is 28.7 Å². The maximum atomic E-state index is 10.6. The average molecular weight is 423 g/mol. The second-order valence-electron chi connectivity index (χ2n) is 9.48. The second-order valence-corrected chi connectivity index (χ2v) is 9.48. The van der Waals surface area contributed by atoms with Crippen molar-refractivity contribution < 1.29 is 5.11 Å². The summed E-state index contributed by atoms with van der Waals surface area (Å²) >= 11 is 0. The normalized spacial score (nSPS) is 18.7. The third kappa shape index (κ3) is 5.28. The number of rotatable bonds is 5. The van der Waals surface area contributed by atoms with E-state index in [2.05, 4.69) is 65.1 Å². The van der Waals surface area contributed by atoms with Crippen LogP contribution >= 0.6 is 0 Å². The number of hydrogen-bond acceptors (Lipinski definition) is 7. The third-order valence-electron chi connectivity index (χ3n) is 5.63. The van der Waals surface area contributed by atoms with E-state index in [1.165, 1.54) is 0 Å². The molecule has 166 valence electrons. The number of benzene rings is 1. The van der Waals surface area contributed by atoms with Crippen LogP contribution in [0.1, 0.15) is 54.4 Å². The summed E-state index contributed by atoms with van der Waals surface area (Å²) in [6, 6.07) is 7.62. The standard InChI is InChI=1S/C24H34N6O/c1-8-25-19-12-17(21(31)13-20(19)26-9-2)18-10-11-22(28-27-18)30(7)16-14-23(3,4)29-24(5,6)15-16/h8-13,16,29,31H,14-15H2,1-7H3. The molecule has 1 aliphatic rings. The average Bonchev–Trinajstić information content (AvgIpc) is 2.67. The number of phenols is 1. The maximum Gasteiger partial charge on any atom is 0.151 e. The van der Waals surface area contributed by atoms with E-state index < -0.39 is 0 Å². The van der Waals surface area contributed by atoms with E-state index in [1.807, 2.05) is 26.0 Å². The molecule has 3 rings (SSSR count). The van der Waals surface area contributed by atoms with Crippen LogP contribution in [0.15, 0.2) is 34.3 Å². The lowest BCUT2D eigenvalue weighted by Crippen LogP contribution is -2.62. The molecule has 1 saturated heterocycles. The Balaban J connectivity index is 1.89. The van der Waals surface area contributed by atoms with Crippen molar-refractivity contribution in [2.45, 2.75) is 71.5 Å². The lowest BCUT2D eigenvalue weighted by Gasteiger charge is -2.49. The van der Waals surface area contributed by atoms with Crippen molar-refractivity contribution in [2.24, 2.45) is 9.98 Å². The molecule has 0 unspecified atom stereocenters. The fourth-order valence-electron chi connectivity index (χ4n) is 4.64. The Bertz CT molecular complexity index is 962. The monoisotopic (exact) mass is 422 g/mol. The Morgan fingerprint density at radius 2 is 1.58 bits per heavy atom. The van der Waals surface area contributed by atoms with E-state index in [4.69, 9.17) is 0 Å². The zero-order chi connectivity index (χ0) is 22.8. The van der Waals surface area contributed by atoms with Gasteiger partial charge < -0.3 is 15.3 Å². The molecule has 2 N–H and O–H groups in total. The van der Waals surface area contributed by atoms with Gasteiger partial charge in [-0.05, 0) is 72.6 Å². The SMILES string of the molecule is CC=Nc1cc(O)c(-c2ccc(N(C)C3CC(C)(C)NC(C)(C)C3)nn2)cc1N=CC. The second kappa shape index (κ2) is 8.75. The first-order chi connectivity index (χ1) is 14.5. The Labute approximate surface area is 185 Å². The van der Waals surface area contributed by atoms with Crippen LogP contribution in [0.5, 0.6) is 5.75 Å². The van der Waals surface area contributed by atoms with E-state index in [1.54, 1.807) is 24.6 Å². The topological polar surface area (TPSA) is 86.0 Å². The molecule has 0 bridgehead atoms. The minimum atomic E-state index is 0.0543. The number of hydrogen-bond donors (Lipinski definition) is 2. The van der Waals surface area contributed by atoms with E-state index in [9.17, 15) is 5.11 Å². The van der Waals surface area contributed by atoms with Crippen LogP contribution in [0.25, 0.3) is 11.3 Å². The summed E-state index contributed by atoms with van der Waals surface area (Å²) in [5.41, 5.74) is 2.58. The molecule has 1 aliphatic heterocycles. The molecule has 7 heteroatoms. The summed E-state index contributed by atoms with van der Waals surface area (Å²) in [5, 5.41) is 23.2. The van der Waals surface area contributed by atoms with Crippen LogP contribution in [-0.2, 0) is 0 Å². The van der Waals surface area contributed by atoms with Crippen LogP contribution in [0, 0.1) is 0 Å². The first-order valence-corrected chi connectivity index (χ1v) is 10.8. The highest BCUT2D eigenvalue weighted by atomic mass is 16.3. The molecule has 1 aromatic carbocycles. The van der Waals surface area contributed by atoms with Gasteiger partial charge >= 0.3 is 0 Å². The van der Waals surface area contributed by atoms with E-state index in [0.717, 1.165) is 18.7 Å². The molecular weight excluding hydrogens is 388 g/mol. The molecule has 2 heterocycles. The fourth-order valence-corrected chi connectivity index (χ4v) is 4.64. The lowest BCUT2D eigenvalue weighted by molar-refractivity contribution is 0.160. The van der Waals surface area contributed by atoms with E-state index >= 15 is 0 Å². The molecule has 0 radical (unpaired) electrons. The van der Waals surface area contributed by atoms with Crippen LogP contribution < -0.4 is 10.2 Å². The number of nitrogens with one attached hydrogen (secondary N) is 1. The predicted molar refractivity (Wildman–Crippen MR) is 130 cm³/mol. The van der Waals surface area contributed by atoms with Crippen molar-refractivity contribution in [1.82, 2.24) is 15.5 Å². The quantitative estimate of drug-likeness (QED) is 0.659. The van der Waals surface area contributed by atoms with Crippen LogP contribution in [0.3, 0.4) is 0 Å². The van der Waals surface area contributed by atoms with Gasteiger partial charge in [-0.25, -0.2) is 0 Å². The van der Waals surface area contributed by atoms with Crippen LogP contribution in [0.4, 0.5) is 17.2 Å². The molecular formula is C24H34N6O. The van der Waals surface area contributed by atoms with Crippen molar-refractivity contribution in [3.8, 4) is 17.0 Å². The Hall–Kier alpha value is -2.80. The zero-order valence-corrected chi connectivity index (χ0v) is 19.6. The number of aromatic nitrogens is 2. The van der Waals surface area contributed by atoms with Crippen molar-refractivity contribution in [3.63, 3.8) is 0 Å². The molecule has 0 atom stereocenters. The van der Waals surface area contributed by atoms with Crippen molar-refractivity contribution in [3.05, 3.63) is 24.3 Å². The molecule has 31 heavy (non-hydrogen) atoms.